The average molecular weight is 290 g/mol. The molecule has 0 aliphatic heterocycles. The summed E-state index contributed by atoms with van der Waals surface area (Å²) in [5, 5.41) is 3.70. The standard InChI is InChI=1S/C16H22N2OS/c1-2-20-15-5-3-4-14(15)18-16(19)11-8-12-6-9-13(17)10-7-12/h6-11,14-15H,2-5,17H2,1H3,(H,18,19)/b11-8+. The van der Waals surface area contributed by atoms with Gasteiger partial charge in [-0.25, -0.2) is 0 Å². The number of anilines is 1. The topological polar surface area (TPSA) is 55.1 Å². The number of thioether (sulfide) groups is 1. The molecule has 1 aliphatic carbocycles. The molecule has 0 spiro atoms. The minimum Gasteiger partial charge on any atom is -0.399 e. The van der Waals surface area contributed by atoms with Crippen LogP contribution in [0.15, 0.2) is 30.3 Å². The first-order valence-electron chi connectivity index (χ1n) is 7.14. The van der Waals surface area contributed by atoms with E-state index in [1.807, 2.05) is 42.1 Å². The molecule has 0 saturated heterocycles. The highest BCUT2D eigenvalue weighted by Gasteiger charge is 2.27. The summed E-state index contributed by atoms with van der Waals surface area (Å²) < 4.78 is 0. The number of carbonyl (C=O) groups is 1. The van der Waals surface area contributed by atoms with E-state index in [2.05, 4.69) is 12.2 Å². The second kappa shape index (κ2) is 7.39. The molecule has 1 aromatic rings. The van der Waals surface area contributed by atoms with E-state index < -0.39 is 0 Å². The summed E-state index contributed by atoms with van der Waals surface area (Å²) in [6.45, 7) is 2.17. The van der Waals surface area contributed by atoms with Gasteiger partial charge >= 0.3 is 0 Å². The molecule has 1 saturated carbocycles. The van der Waals surface area contributed by atoms with Crippen molar-refractivity contribution in [3.05, 3.63) is 35.9 Å². The Kier molecular flexibility index (Phi) is 5.53. The van der Waals surface area contributed by atoms with Gasteiger partial charge in [0, 0.05) is 23.1 Å². The number of nitrogens with two attached hydrogens (primary N) is 1. The van der Waals surface area contributed by atoms with E-state index >= 15 is 0 Å². The van der Waals surface area contributed by atoms with Crippen LogP contribution in [0.2, 0.25) is 0 Å². The van der Waals surface area contributed by atoms with Gasteiger partial charge in [0.25, 0.3) is 0 Å². The van der Waals surface area contributed by atoms with Gasteiger partial charge in [0.05, 0.1) is 0 Å². The van der Waals surface area contributed by atoms with Gasteiger partial charge < -0.3 is 11.1 Å². The quantitative estimate of drug-likeness (QED) is 0.647. The maximum atomic E-state index is 12.0. The third-order valence-corrected chi connectivity index (χ3v) is 4.85. The Morgan fingerprint density at radius 3 is 2.85 bits per heavy atom. The lowest BCUT2D eigenvalue weighted by atomic mass is 10.2. The second-order valence-electron chi connectivity index (χ2n) is 5.04. The molecule has 3 nitrogen and oxygen atoms in total. The molecule has 1 fully saturated rings. The molecule has 2 atom stereocenters. The summed E-state index contributed by atoms with van der Waals surface area (Å²) in [5.74, 6) is 1.11. The van der Waals surface area contributed by atoms with Crippen LogP contribution in [0, 0.1) is 0 Å². The zero-order valence-corrected chi connectivity index (χ0v) is 12.7. The lowest BCUT2D eigenvalue weighted by Gasteiger charge is -2.19. The van der Waals surface area contributed by atoms with Crippen LogP contribution in [0.4, 0.5) is 5.69 Å². The van der Waals surface area contributed by atoms with Gasteiger partial charge in [0.1, 0.15) is 0 Å². The van der Waals surface area contributed by atoms with Crippen molar-refractivity contribution < 1.29 is 4.79 Å². The number of hydrogen-bond acceptors (Lipinski definition) is 3. The summed E-state index contributed by atoms with van der Waals surface area (Å²) in [4.78, 5) is 12.0. The Bertz CT molecular complexity index is 470. The van der Waals surface area contributed by atoms with E-state index in [1.54, 1.807) is 6.08 Å². The Balaban J connectivity index is 1.87. The molecule has 1 aromatic carbocycles. The number of nitrogen functional groups attached to an aromatic ring is 1. The number of rotatable bonds is 5. The smallest absolute Gasteiger partial charge is 0.244 e. The highest BCUT2D eigenvalue weighted by molar-refractivity contribution is 7.99. The Hall–Kier alpha value is -1.42. The lowest BCUT2D eigenvalue weighted by Crippen LogP contribution is -2.37. The van der Waals surface area contributed by atoms with Crippen LogP contribution in [0.25, 0.3) is 6.08 Å². The molecule has 20 heavy (non-hydrogen) atoms. The third-order valence-electron chi connectivity index (χ3n) is 3.52. The molecule has 1 aliphatic rings. The first kappa shape index (κ1) is 15.0. The maximum Gasteiger partial charge on any atom is 0.244 e. The van der Waals surface area contributed by atoms with Crippen molar-refractivity contribution in [2.45, 2.75) is 37.5 Å². The van der Waals surface area contributed by atoms with Crippen molar-refractivity contribution in [1.82, 2.24) is 5.32 Å². The van der Waals surface area contributed by atoms with Crippen LogP contribution in [0.3, 0.4) is 0 Å². The van der Waals surface area contributed by atoms with Crippen molar-refractivity contribution in [2.75, 3.05) is 11.5 Å². The van der Waals surface area contributed by atoms with Crippen LogP contribution < -0.4 is 11.1 Å². The van der Waals surface area contributed by atoms with Gasteiger partial charge in [0.15, 0.2) is 0 Å². The minimum atomic E-state index is -0.00423. The normalized spacial score (nSPS) is 22.2. The van der Waals surface area contributed by atoms with Gasteiger partial charge in [-0.2, -0.15) is 11.8 Å². The molecule has 3 N–H and O–H groups in total. The summed E-state index contributed by atoms with van der Waals surface area (Å²) in [6.07, 6.45) is 6.96. The molecule has 1 amide bonds. The molecule has 108 valence electrons. The van der Waals surface area contributed by atoms with Crippen LogP contribution in [0.5, 0.6) is 0 Å². The van der Waals surface area contributed by atoms with E-state index in [0.717, 1.165) is 23.4 Å². The fourth-order valence-corrected chi connectivity index (χ4v) is 3.71. The minimum absolute atomic E-state index is 0.00423. The van der Waals surface area contributed by atoms with Gasteiger partial charge in [-0.3, -0.25) is 4.79 Å². The predicted octanol–water partition coefficient (Wildman–Crippen LogP) is 3.07. The van der Waals surface area contributed by atoms with Gasteiger partial charge in [-0.05, 0) is 42.4 Å². The van der Waals surface area contributed by atoms with E-state index in [1.165, 1.54) is 12.8 Å². The van der Waals surface area contributed by atoms with E-state index in [0.29, 0.717) is 11.3 Å². The van der Waals surface area contributed by atoms with Crippen molar-refractivity contribution in [3.63, 3.8) is 0 Å². The number of nitrogens with one attached hydrogen (secondary N) is 1. The third kappa shape index (κ3) is 4.30. The first-order valence-corrected chi connectivity index (χ1v) is 8.19. The van der Waals surface area contributed by atoms with Gasteiger partial charge in [0.2, 0.25) is 5.91 Å². The molecule has 0 heterocycles. The Morgan fingerprint density at radius 1 is 1.40 bits per heavy atom. The van der Waals surface area contributed by atoms with Gasteiger partial charge in [-0.1, -0.05) is 25.5 Å². The summed E-state index contributed by atoms with van der Waals surface area (Å²) >= 11 is 1.95. The van der Waals surface area contributed by atoms with Crippen molar-refractivity contribution in [1.29, 1.82) is 0 Å². The molecular weight excluding hydrogens is 268 g/mol. The summed E-state index contributed by atoms with van der Waals surface area (Å²) in [7, 11) is 0. The molecule has 0 aromatic heterocycles. The number of hydrogen-bond donors (Lipinski definition) is 2. The van der Waals surface area contributed by atoms with Crippen molar-refractivity contribution >= 4 is 29.4 Å². The van der Waals surface area contributed by atoms with Crippen molar-refractivity contribution in [3.8, 4) is 0 Å². The largest absolute Gasteiger partial charge is 0.399 e. The Morgan fingerprint density at radius 2 is 2.15 bits per heavy atom. The summed E-state index contributed by atoms with van der Waals surface area (Å²) in [6, 6.07) is 7.81. The highest BCUT2D eigenvalue weighted by atomic mass is 32.2. The predicted molar refractivity (Wildman–Crippen MR) is 87.6 cm³/mol. The molecule has 0 radical (unpaired) electrons. The van der Waals surface area contributed by atoms with E-state index in [4.69, 9.17) is 5.73 Å². The van der Waals surface area contributed by atoms with Crippen LogP contribution in [-0.4, -0.2) is 23.0 Å². The lowest BCUT2D eigenvalue weighted by molar-refractivity contribution is -0.117. The zero-order chi connectivity index (χ0) is 14.4. The fraction of sp³-hybridized carbons (Fsp3) is 0.438. The molecule has 0 bridgehead atoms. The SMILES string of the molecule is CCSC1CCCC1NC(=O)/C=C/c1ccc(N)cc1. The molecule has 2 rings (SSSR count). The van der Waals surface area contributed by atoms with Crippen molar-refractivity contribution in [2.24, 2.45) is 0 Å². The van der Waals surface area contributed by atoms with Crippen LogP contribution in [-0.2, 0) is 4.79 Å². The number of benzene rings is 1. The summed E-state index contributed by atoms with van der Waals surface area (Å²) in [5.41, 5.74) is 7.35. The monoisotopic (exact) mass is 290 g/mol. The molecule has 2 unspecified atom stereocenters. The first-order chi connectivity index (χ1) is 9.69. The highest BCUT2D eigenvalue weighted by Crippen LogP contribution is 2.29. The number of carbonyl (C=O) groups excluding carboxylic acids is 1. The zero-order valence-electron chi connectivity index (χ0n) is 11.8. The van der Waals surface area contributed by atoms with E-state index in [9.17, 15) is 4.79 Å². The van der Waals surface area contributed by atoms with Crippen LogP contribution >= 0.6 is 11.8 Å². The second-order valence-corrected chi connectivity index (χ2v) is 6.56. The maximum absolute atomic E-state index is 12.0. The Labute approximate surface area is 125 Å². The van der Waals surface area contributed by atoms with E-state index in [-0.39, 0.29) is 5.91 Å². The fourth-order valence-electron chi connectivity index (χ4n) is 2.51. The van der Waals surface area contributed by atoms with Crippen LogP contribution in [0.1, 0.15) is 31.7 Å². The molecule has 4 heteroatoms. The number of amides is 1. The molecular formula is C16H22N2OS. The van der Waals surface area contributed by atoms with Gasteiger partial charge in [-0.15, -0.1) is 0 Å². The average Bonchev–Trinajstić information content (AvgIpc) is 2.86.